The predicted molar refractivity (Wildman–Crippen MR) is 101 cm³/mol. The van der Waals surface area contributed by atoms with Crippen molar-refractivity contribution in [3.63, 3.8) is 0 Å². The average Bonchev–Trinajstić information content (AvgIpc) is 2.48. The molecular formula is C19H26FNO2Si. The number of hydrogen-bond acceptors (Lipinski definition) is 3. The van der Waals surface area contributed by atoms with Crippen molar-refractivity contribution in [2.24, 2.45) is 0 Å². The molecule has 0 aliphatic heterocycles. The van der Waals surface area contributed by atoms with E-state index in [4.69, 9.17) is 9.16 Å². The van der Waals surface area contributed by atoms with Crippen LogP contribution in [0.3, 0.4) is 0 Å². The quantitative estimate of drug-likeness (QED) is 0.677. The number of rotatable bonds is 5. The summed E-state index contributed by atoms with van der Waals surface area (Å²) in [6, 6.07) is 12.6. The minimum Gasteiger partial charge on any atom is -0.544 e. The SMILES string of the molecule is COc1ccc(Nc2ccc(O[Si](C)(C)C(C)(C)C)cc2)cc1F. The molecule has 0 radical (unpaired) electrons. The van der Waals surface area contributed by atoms with Crippen LogP contribution < -0.4 is 14.5 Å². The highest BCUT2D eigenvalue weighted by Crippen LogP contribution is 2.37. The highest BCUT2D eigenvalue weighted by atomic mass is 28.4. The van der Waals surface area contributed by atoms with Crippen molar-refractivity contribution in [2.75, 3.05) is 12.4 Å². The zero-order chi connectivity index (χ0) is 18.0. The molecule has 0 atom stereocenters. The van der Waals surface area contributed by atoms with Crippen molar-refractivity contribution in [3.8, 4) is 11.5 Å². The Morgan fingerprint density at radius 3 is 2.04 bits per heavy atom. The number of methoxy groups -OCH3 is 1. The first-order valence-corrected chi connectivity index (χ1v) is 10.9. The van der Waals surface area contributed by atoms with Gasteiger partial charge in [-0.1, -0.05) is 20.8 Å². The van der Waals surface area contributed by atoms with Gasteiger partial charge in [-0.05, 0) is 54.5 Å². The van der Waals surface area contributed by atoms with E-state index in [1.165, 1.54) is 13.2 Å². The Bertz CT molecular complexity index is 694. The van der Waals surface area contributed by atoms with E-state index < -0.39 is 8.32 Å². The molecule has 3 nitrogen and oxygen atoms in total. The van der Waals surface area contributed by atoms with Gasteiger partial charge in [0.1, 0.15) is 5.75 Å². The third kappa shape index (κ3) is 4.29. The Morgan fingerprint density at radius 2 is 1.54 bits per heavy atom. The van der Waals surface area contributed by atoms with Crippen LogP contribution in [0.25, 0.3) is 0 Å². The van der Waals surface area contributed by atoms with Crippen LogP contribution >= 0.6 is 0 Å². The minimum atomic E-state index is -1.84. The van der Waals surface area contributed by atoms with E-state index in [-0.39, 0.29) is 16.6 Å². The van der Waals surface area contributed by atoms with E-state index in [1.807, 2.05) is 24.3 Å². The molecule has 2 aromatic carbocycles. The van der Waals surface area contributed by atoms with Gasteiger partial charge in [0.05, 0.1) is 7.11 Å². The fraction of sp³-hybridized carbons (Fsp3) is 0.368. The maximum Gasteiger partial charge on any atom is 0.250 e. The summed E-state index contributed by atoms with van der Waals surface area (Å²) >= 11 is 0. The van der Waals surface area contributed by atoms with Crippen LogP contribution in [0.15, 0.2) is 42.5 Å². The molecule has 0 aliphatic carbocycles. The maximum atomic E-state index is 13.7. The molecule has 0 bridgehead atoms. The molecule has 1 N–H and O–H groups in total. The van der Waals surface area contributed by atoms with Crippen molar-refractivity contribution < 1.29 is 13.6 Å². The van der Waals surface area contributed by atoms with Gasteiger partial charge in [-0.15, -0.1) is 0 Å². The lowest BCUT2D eigenvalue weighted by Crippen LogP contribution is -2.43. The molecule has 0 aromatic heterocycles. The van der Waals surface area contributed by atoms with Crippen LogP contribution in [0.2, 0.25) is 18.1 Å². The number of nitrogens with one attached hydrogen (secondary N) is 1. The molecule has 0 saturated carbocycles. The van der Waals surface area contributed by atoms with E-state index in [1.54, 1.807) is 12.1 Å². The summed E-state index contributed by atoms with van der Waals surface area (Å²) in [5, 5.41) is 3.33. The van der Waals surface area contributed by atoms with Gasteiger partial charge in [0.15, 0.2) is 11.6 Å². The van der Waals surface area contributed by atoms with Gasteiger partial charge in [0, 0.05) is 17.4 Å². The Labute approximate surface area is 144 Å². The van der Waals surface area contributed by atoms with Gasteiger partial charge >= 0.3 is 0 Å². The molecule has 5 heteroatoms. The molecule has 2 rings (SSSR count). The second-order valence-corrected chi connectivity index (χ2v) is 12.1. The smallest absolute Gasteiger partial charge is 0.250 e. The van der Waals surface area contributed by atoms with Crippen LogP contribution in [-0.4, -0.2) is 15.4 Å². The van der Waals surface area contributed by atoms with E-state index in [0.717, 1.165) is 11.4 Å². The topological polar surface area (TPSA) is 30.5 Å². The molecule has 0 spiro atoms. The Balaban J connectivity index is 2.08. The first-order valence-electron chi connectivity index (χ1n) is 8.02. The minimum absolute atomic E-state index is 0.157. The first kappa shape index (κ1) is 18.3. The lowest BCUT2D eigenvalue weighted by atomic mass is 10.2. The molecule has 0 unspecified atom stereocenters. The second kappa shape index (κ2) is 6.85. The highest BCUT2D eigenvalue weighted by molar-refractivity contribution is 6.74. The van der Waals surface area contributed by atoms with Gasteiger partial charge in [-0.2, -0.15) is 0 Å². The van der Waals surface area contributed by atoms with Crippen molar-refractivity contribution in [2.45, 2.75) is 38.9 Å². The van der Waals surface area contributed by atoms with Crippen molar-refractivity contribution in [3.05, 3.63) is 48.3 Å². The van der Waals surface area contributed by atoms with E-state index in [9.17, 15) is 4.39 Å². The lowest BCUT2D eigenvalue weighted by molar-refractivity contribution is 0.386. The van der Waals surface area contributed by atoms with Gasteiger partial charge < -0.3 is 14.5 Å². The van der Waals surface area contributed by atoms with Crippen molar-refractivity contribution >= 4 is 19.7 Å². The molecule has 0 aliphatic rings. The fourth-order valence-electron chi connectivity index (χ4n) is 1.96. The summed E-state index contributed by atoms with van der Waals surface area (Å²) in [5.41, 5.74) is 1.55. The third-order valence-corrected chi connectivity index (χ3v) is 8.83. The van der Waals surface area contributed by atoms with Gasteiger partial charge in [-0.3, -0.25) is 0 Å². The zero-order valence-electron chi connectivity index (χ0n) is 15.2. The molecular weight excluding hydrogens is 321 g/mol. The number of ether oxygens (including phenoxy) is 1. The van der Waals surface area contributed by atoms with Gasteiger partial charge in [-0.25, -0.2) is 4.39 Å². The monoisotopic (exact) mass is 347 g/mol. The van der Waals surface area contributed by atoms with Crippen molar-refractivity contribution in [1.29, 1.82) is 0 Å². The van der Waals surface area contributed by atoms with E-state index in [2.05, 4.69) is 39.2 Å². The van der Waals surface area contributed by atoms with E-state index in [0.29, 0.717) is 5.69 Å². The summed E-state index contributed by atoms with van der Waals surface area (Å²) in [5.74, 6) is 0.715. The highest BCUT2D eigenvalue weighted by Gasteiger charge is 2.38. The van der Waals surface area contributed by atoms with Crippen molar-refractivity contribution in [1.82, 2.24) is 0 Å². The molecule has 0 saturated heterocycles. The molecule has 0 amide bonds. The molecule has 0 fully saturated rings. The zero-order valence-corrected chi connectivity index (χ0v) is 16.2. The summed E-state index contributed by atoms with van der Waals surface area (Å²) in [7, 11) is -0.388. The summed E-state index contributed by atoms with van der Waals surface area (Å²) in [6.45, 7) is 11.1. The van der Waals surface area contributed by atoms with Crippen LogP contribution in [-0.2, 0) is 0 Å². The van der Waals surface area contributed by atoms with Crippen LogP contribution in [0.5, 0.6) is 11.5 Å². The number of benzene rings is 2. The molecule has 24 heavy (non-hydrogen) atoms. The Kier molecular flexibility index (Phi) is 5.23. The molecule has 130 valence electrons. The second-order valence-electron chi connectivity index (χ2n) is 7.36. The summed E-state index contributed by atoms with van der Waals surface area (Å²) < 4.78 is 24.9. The molecule has 0 heterocycles. The van der Waals surface area contributed by atoms with Crippen LogP contribution in [0.1, 0.15) is 20.8 Å². The first-order chi connectivity index (χ1) is 11.1. The lowest BCUT2D eigenvalue weighted by Gasteiger charge is -2.36. The average molecular weight is 348 g/mol. The van der Waals surface area contributed by atoms with Crippen LogP contribution in [0, 0.1) is 5.82 Å². The summed E-state index contributed by atoms with van der Waals surface area (Å²) in [6.07, 6.45) is 0. The van der Waals surface area contributed by atoms with E-state index >= 15 is 0 Å². The largest absolute Gasteiger partial charge is 0.544 e. The fourth-order valence-corrected chi connectivity index (χ4v) is 3.00. The number of anilines is 2. The van der Waals surface area contributed by atoms with Gasteiger partial charge in [0.2, 0.25) is 8.32 Å². The predicted octanol–water partition coefficient (Wildman–Crippen LogP) is 5.96. The number of halogens is 1. The standard InChI is InChI=1S/C19H26FNO2Si/c1-19(2,3)24(5,6)23-16-10-7-14(8-11-16)21-15-9-12-18(22-4)17(20)13-15/h7-13,21H,1-6H3. The third-order valence-electron chi connectivity index (χ3n) is 4.47. The Hall–Kier alpha value is -2.01. The molecule has 2 aromatic rings. The van der Waals surface area contributed by atoms with Crippen LogP contribution in [0.4, 0.5) is 15.8 Å². The van der Waals surface area contributed by atoms with Gasteiger partial charge in [0.25, 0.3) is 0 Å². The summed E-state index contributed by atoms with van der Waals surface area (Å²) in [4.78, 5) is 0. The Morgan fingerprint density at radius 1 is 0.958 bits per heavy atom. The normalized spacial score (nSPS) is 12.0. The number of hydrogen-bond donors (Lipinski definition) is 1. The maximum absolute atomic E-state index is 13.7.